The van der Waals surface area contributed by atoms with Crippen LogP contribution >= 0.6 is 0 Å². The summed E-state index contributed by atoms with van der Waals surface area (Å²) in [5.74, 6) is -0.391. The van der Waals surface area contributed by atoms with Crippen LogP contribution in [0.4, 0.5) is 4.79 Å². The van der Waals surface area contributed by atoms with E-state index in [2.05, 4.69) is 33.0 Å². The molecule has 0 aromatic carbocycles. The molecule has 0 unspecified atom stereocenters. The Balaban J connectivity index is 4.38. The third-order valence-electron chi connectivity index (χ3n) is 3.62. The first-order chi connectivity index (χ1) is 9.31. The van der Waals surface area contributed by atoms with Gasteiger partial charge in [-0.15, -0.1) is 0 Å². The van der Waals surface area contributed by atoms with Crippen LogP contribution in [0.1, 0.15) is 53.4 Å². The van der Waals surface area contributed by atoms with E-state index >= 15 is 0 Å². The van der Waals surface area contributed by atoms with Crippen LogP contribution in [0.25, 0.3) is 0 Å². The lowest BCUT2D eigenvalue weighted by atomic mass is 9.94. The number of carbonyl (C=O) groups excluding carboxylic acids is 1. The zero-order chi connectivity index (χ0) is 15.7. The molecule has 0 fully saturated rings. The second kappa shape index (κ2) is 9.61. The SMILES string of the molecule is CCC(CC)N(C)C(=O)NC[C@H](CC(=O)O)CC(C)C. The van der Waals surface area contributed by atoms with Crippen LogP contribution in [0, 0.1) is 11.8 Å². The van der Waals surface area contributed by atoms with Crippen LogP contribution in [-0.2, 0) is 4.79 Å². The summed E-state index contributed by atoms with van der Waals surface area (Å²) in [7, 11) is 1.79. The van der Waals surface area contributed by atoms with Crippen LogP contribution < -0.4 is 5.32 Å². The van der Waals surface area contributed by atoms with E-state index < -0.39 is 5.97 Å². The van der Waals surface area contributed by atoms with E-state index in [0.29, 0.717) is 12.5 Å². The van der Waals surface area contributed by atoms with Crippen molar-refractivity contribution in [2.24, 2.45) is 11.8 Å². The number of urea groups is 1. The monoisotopic (exact) mass is 286 g/mol. The summed E-state index contributed by atoms with van der Waals surface area (Å²) in [4.78, 5) is 24.6. The van der Waals surface area contributed by atoms with E-state index in [-0.39, 0.29) is 24.4 Å². The van der Waals surface area contributed by atoms with Crippen molar-refractivity contribution in [3.8, 4) is 0 Å². The molecule has 0 rings (SSSR count). The Hall–Kier alpha value is -1.26. The molecule has 0 aliphatic heterocycles. The first-order valence-electron chi connectivity index (χ1n) is 7.54. The van der Waals surface area contributed by atoms with Crippen LogP contribution in [0.5, 0.6) is 0 Å². The molecule has 0 aliphatic carbocycles. The average molecular weight is 286 g/mol. The lowest BCUT2D eigenvalue weighted by molar-refractivity contribution is -0.138. The highest BCUT2D eigenvalue weighted by Crippen LogP contribution is 2.15. The van der Waals surface area contributed by atoms with Gasteiger partial charge in [0.15, 0.2) is 0 Å². The van der Waals surface area contributed by atoms with Crippen molar-refractivity contribution >= 4 is 12.0 Å². The molecule has 0 bridgehead atoms. The number of rotatable bonds is 9. The van der Waals surface area contributed by atoms with Gasteiger partial charge in [-0.25, -0.2) is 4.79 Å². The van der Waals surface area contributed by atoms with Crippen molar-refractivity contribution in [3.63, 3.8) is 0 Å². The summed E-state index contributed by atoms with van der Waals surface area (Å²) in [6.45, 7) is 8.67. The number of hydrogen-bond acceptors (Lipinski definition) is 2. The molecular weight excluding hydrogens is 256 g/mol. The molecule has 5 nitrogen and oxygen atoms in total. The normalized spacial score (nSPS) is 12.6. The van der Waals surface area contributed by atoms with Gasteiger partial charge < -0.3 is 15.3 Å². The second-order valence-corrected chi connectivity index (χ2v) is 5.86. The molecule has 1 atom stereocenters. The van der Waals surface area contributed by atoms with Crippen molar-refractivity contribution in [1.82, 2.24) is 10.2 Å². The van der Waals surface area contributed by atoms with Crippen LogP contribution in [0.3, 0.4) is 0 Å². The Morgan fingerprint density at radius 1 is 1.20 bits per heavy atom. The van der Waals surface area contributed by atoms with Crippen molar-refractivity contribution in [3.05, 3.63) is 0 Å². The van der Waals surface area contributed by atoms with Gasteiger partial charge in [0, 0.05) is 26.1 Å². The van der Waals surface area contributed by atoms with Crippen molar-refractivity contribution in [1.29, 1.82) is 0 Å². The van der Waals surface area contributed by atoms with Gasteiger partial charge in [0.1, 0.15) is 0 Å². The summed E-state index contributed by atoms with van der Waals surface area (Å²) >= 11 is 0. The molecule has 0 aromatic rings. The molecule has 0 aromatic heterocycles. The number of nitrogens with zero attached hydrogens (tertiary/aromatic N) is 1. The second-order valence-electron chi connectivity index (χ2n) is 5.86. The Labute approximate surface area is 122 Å². The summed E-state index contributed by atoms with van der Waals surface area (Å²) < 4.78 is 0. The molecule has 20 heavy (non-hydrogen) atoms. The first kappa shape index (κ1) is 18.7. The zero-order valence-electron chi connectivity index (χ0n) is 13.5. The summed E-state index contributed by atoms with van der Waals surface area (Å²) in [6, 6.07) is 0.121. The van der Waals surface area contributed by atoms with Crippen molar-refractivity contribution in [2.45, 2.75) is 59.4 Å². The summed E-state index contributed by atoms with van der Waals surface area (Å²) in [5, 5.41) is 11.8. The minimum absolute atomic E-state index is 0.00782. The van der Waals surface area contributed by atoms with Crippen LogP contribution in [-0.4, -0.2) is 41.6 Å². The van der Waals surface area contributed by atoms with E-state index in [9.17, 15) is 9.59 Å². The lowest BCUT2D eigenvalue weighted by Crippen LogP contribution is -2.44. The Kier molecular flexibility index (Phi) is 9.01. The number of aliphatic carboxylic acids is 1. The molecule has 0 saturated heterocycles. The van der Waals surface area contributed by atoms with Gasteiger partial charge in [0.2, 0.25) is 0 Å². The maximum atomic E-state index is 12.0. The zero-order valence-corrected chi connectivity index (χ0v) is 13.5. The quantitative estimate of drug-likeness (QED) is 0.684. The molecular formula is C15H30N2O3. The fourth-order valence-electron chi connectivity index (χ4n) is 2.51. The number of carbonyl (C=O) groups is 2. The van der Waals surface area contributed by atoms with Gasteiger partial charge >= 0.3 is 12.0 Å². The minimum Gasteiger partial charge on any atom is -0.481 e. The molecule has 118 valence electrons. The maximum absolute atomic E-state index is 12.0. The predicted molar refractivity (Wildman–Crippen MR) is 80.7 cm³/mol. The summed E-state index contributed by atoms with van der Waals surface area (Å²) in [5.41, 5.74) is 0. The fourth-order valence-corrected chi connectivity index (χ4v) is 2.51. The number of amides is 2. The summed E-state index contributed by atoms with van der Waals surface area (Å²) in [6.07, 6.45) is 2.75. The number of nitrogens with one attached hydrogen (secondary N) is 1. The maximum Gasteiger partial charge on any atom is 0.317 e. The van der Waals surface area contributed by atoms with E-state index in [0.717, 1.165) is 19.3 Å². The van der Waals surface area contributed by atoms with E-state index in [4.69, 9.17) is 5.11 Å². The van der Waals surface area contributed by atoms with E-state index in [1.54, 1.807) is 11.9 Å². The molecule has 0 spiro atoms. The third kappa shape index (κ3) is 7.36. The molecule has 2 amide bonds. The number of hydrogen-bond donors (Lipinski definition) is 2. The topological polar surface area (TPSA) is 69.6 Å². The first-order valence-corrected chi connectivity index (χ1v) is 7.54. The highest BCUT2D eigenvalue weighted by atomic mass is 16.4. The van der Waals surface area contributed by atoms with Crippen molar-refractivity contribution in [2.75, 3.05) is 13.6 Å². The molecule has 0 radical (unpaired) electrons. The number of carboxylic acid groups (broad SMARTS) is 1. The number of carboxylic acids is 1. The predicted octanol–water partition coefficient (Wildman–Crippen LogP) is 2.95. The van der Waals surface area contributed by atoms with Gasteiger partial charge in [0.25, 0.3) is 0 Å². The van der Waals surface area contributed by atoms with Crippen LogP contribution in [0.15, 0.2) is 0 Å². The average Bonchev–Trinajstić information content (AvgIpc) is 2.35. The van der Waals surface area contributed by atoms with Crippen molar-refractivity contribution < 1.29 is 14.7 Å². The van der Waals surface area contributed by atoms with Crippen LogP contribution in [0.2, 0.25) is 0 Å². The van der Waals surface area contributed by atoms with Gasteiger partial charge in [-0.2, -0.15) is 0 Å². The molecule has 0 saturated carbocycles. The smallest absolute Gasteiger partial charge is 0.317 e. The fraction of sp³-hybridized carbons (Fsp3) is 0.867. The Morgan fingerprint density at radius 2 is 1.75 bits per heavy atom. The van der Waals surface area contributed by atoms with E-state index in [1.807, 2.05) is 0 Å². The minimum atomic E-state index is -0.807. The Bertz CT molecular complexity index is 301. The largest absolute Gasteiger partial charge is 0.481 e. The highest BCUT2D eigenvalue weighted by molar-refractivity contribution is 5.74. The molecule has 0 aliphatic rings. The standard InChI is InChI=1S/C15H30N2O3/c1-6-13(7-2)17(5)15(20)16-10-12(8-11(3)4)9-14(18)19/h11-13H,6-10H2,1-5H3,(H,16,20)(H,18,19)/t12-/m0/s1. The Morgan fingerprint density at radius 3 is 2.15 bits per heavy atom. The molecule has 5 heteroatoms. The van der Waals surface area contributed by atoms with Gasteiger partial charge in [-0.05, 0) is 31.1 Å². The molecule has 2 N–H and O–H groups in total. The molecule has 0 heterocycles. The van der Waals surface area contributed by atoms with Gasteiger partial charge in [-0.1, -0.05) is 27.7 Å². The van der Waals surface area contributed by atoms with Gasteiger partial charge in [-0.3, -0.25) is 4.79 Å². The third-order valence-corrected chi connectivity index (χ3v) is 3.62. The highest BCUT2D eigenvalue weighted by Gasteiger charge is 2.19. The van der Waals surface area contributed by atoms with E-state index in [1.165, 1.54) is 0 Å². The lowest BCUT2D eigenvalue weighted by Gasteiger charge is -2.27. The van der Waals surface area contributed by atoms with Gasteiger partial charge in [0.05, 0.1) is 0 Å².